The lowest BCUT2D eigenvalue weighted by Gasteiger charge is -2.46. The third kappa shape index (κ3) is 3.03. The molecule has 0 aromatic heterocycles. The number of rotatable bonds is 6. The molecule has 6 nitrogen and oxygen atoms in total. The molecular weight excluding hydrogens is 308 g/mol. The molecule has 1 atom stereocenters. The van der Waals surface area contributed by atoms with Crippen molar-refractivity contribution in [3.63, 3.8) is 0 Å². The van der Waals surface area contributed by atoms with Crippen molar-refractivity contribution in [3.05, 3.63) is 35.9 Å². The summed E-state index contributed by atoms with van der Waals surface area (Å²) >= 11 is 0. The van der Waals surface area contributed by atoms with Gasteiger partial charge in [-0.2, -0.15) is 0 Å². The summed E-state index contributed by atoms with van der Waals surface area (Å²) < 4.78 is 10.2. The Morgan fingerprint density at radius 1 is 1.25 bits per heavy atom. The van der Waals surface area contributed by atoms with Gasteiger partial charge >= 0.3 is 5.97 Å². The van der Waals surface area contributed by atoms with Crippen LogP contribution in [0.25, 0.3) is 0 Å². The molecule has 0 radical (unpaired) electrons. The van der Waals surface area contributed by atoms with E-state index in [0.29, 0.717) is 19.7 Å². The summed E-state index contributed by atoms with van der Waals surface area (Å²) in [6, 6.07) is 9.48. The number of benzene rings is 1. The van der Waals surface area contributed by atoms with E-state index >= 15 is 0 Å². The highest BCUT2D eigenvalue weighted by Crippen LogP contribution is 2.49. The topological polar surface area (TPSA) is 59.1 Å². The van der Waals surface area contributed by atoms with Crippen LogP contribution < -0.4 is 0 Å². The number of ether oxygens (including phenoxy) is 2. The lowest BCUT2D eigenvalue weighted by molar-refractivity contribution is -0.162. The minimum absolute atomic E-state index is 0.0561. The Balaban J connectivity index is 1.86. The second kappa shape index (κ2) is 6.91. The highest BCUT2D eigenvalue weighted by molar-refractivity contribution is 5.87. The zero-order valence-electron chi connectivity index (χ0n) is 14.2. The van der Waals surface area contributed by atoms with Crippen LogP contribution >= 0.6 is 0 Å². The first-order valence-corrected chi connectivity index (χ1v) is 8.27. The number of hydrogen-bond donors (Lipinski definition) is 0. The highest BCUT2D eigenvalue weighted by Gasteiger charge is 2.63. The molecular formula is C18H24N2O4. The van der Waals surface area contributed by atoms with Gasteiger partial charge in [0.25, 0.3) is 0 Å². The standard InChI is InChI=1S/C18H24N2O4/c1-23-11-10-20-15(21)13-19(12-14-6-4-3-5-7-14)16(17(22)24-2)18(20)8-9-18/h3-7,16H,8-13H2,1-2H3. The lowest BCUT2D eigenvalue weighted by Crippen LogP contribution is -2.66. The fourth-order valence-corrected chi connectivity index (χ4v) is 3.73. The van der Waals surface area contributed by atoms with E-state index in [1.807, 2.05) is 40.1 Å². The maximum Gasteiger partial charge on any atom is 0.325 e. The Bertz CT molecular complexity index is 600. The predicted molar refractivity (Wildman–Crippen MR) is 88.2 cm³/mol. The SMILES string of the molecule is COCCN1C(=O)CN(Cc2ccccc2)C(C(=O)OC)C12CC2. The zero-order valence-corrected chi connectivity index (χ0v) is 14.2. The third-order valence-electron chi connectivity index (χ3n) is 4.99. The molecule has 1 aliphatic heterocycles. The van der Waals surface area contributed by atoms with Crippen LogP contribution in [-0.4, -0.2) is 67.2 Å². The van der Waals surface area contributed by atoms with Crippen LogP contribution in [0.4, 0.5) is 0 Å². The number of hydrogen-bond acceptors (Lipinski definition) is 5. The molecule has 1 aromatic rings. The van der Waals surface area contributed by atoms with Gasteiger partial charge in [-0.15, -0.1) is 0 Å². The van der Waals surface area contributed by atoms with Crippen LogP contribution in [-0.2, 0) is 25.6 Å². The highest BCUT2D eigenvalue weighted by atomic mass is 16.5. The van der Waals surface area contributed by atoms with Crippen LogP contribution in [0.1, 0.15) is 18.4 Å². The maximum absolute atomic E-state index is 12.7. The van der Waals surface area contributed by atoms with Crippen molar-refractivity contribution in [1.29, 1.82) is 0 Å². The molecule has 1 heterocycles. The number of carbonyl (C=O) groups is 2. The summed E-state index contributed by atoms with van der Waals surface area (Å²) in [5.74, 6) is -0.209. The van der Waals surface area contributed by atoms with E-state index in [0.717, 1.165) is 18.4 Å². The van der Waals surface area contributed by atoms with Gasteiger partial charge in [0.05, 0.1) is 25.8 Å². The Morgan fingerprint density at radius 3 is 2.54 bits per heavy atom. The predicted octanol–water partition coefficient (Wildman–Crippen LogP) is 1.05. The second-order valence-corrected chi connectivity index (χ2v) is 6.46. The number of methoxy groups -OCH3 is 2. The minimum atomic E-state index is -0.435. The summed E-state index contributed by atoms with van der Waals surface area (Å²) in [5, 5.41) is 0. The fourth-order valence-electron chi connectivity index (χ4n) is 3.73. The molecule has 1 aromatic carbocycles. The van der Waals surface area contributed by atoms with Crippen molar-refractivity contribution >= 4 is 11.9 Å². The van der Waals surface area contributed by atoms with E-state index in [9.17, 15) is 9.59 Å². The van der Waals surface area contributed by atoms with E-state index in [-0.39, 0.29) is 18.4 Å². The number of amides is 1. The van der Waals surface area contributed by atoms with Gasteiger partial charge in [0.2, 0.25) is 5.91 Å². The molecule has 3 rings (SSSR count). The maximum atomic E-state index is 12.7. The van der Waals surface area contributed by atoms with Gasteiger partial charge in [0.1, 0.15) is 6.04 Å². The van der Waals surface area contributed by atoms with Gasteiger partial charge in [0, 0.05) is 20.2 Å². The largest absolute Gasteiger partial charge is 0.468 e. The zero-order chi connectivity index (χ0) is 17.2. The fraction of sp³-hybridized carbons (Fsp3) is 0.556. The van der Waals surface area contributed by atoms with Crippen LogP contribution in [0, 0.1) is 0 Å². The molecule has 2 aliphatic rings. The lowest BCUT2D eigenvalue weighted by atomic mass is 9.97. The average molecular weight is 332 g/mol. The first kappa shape index (κ1) is 16.9. The Morgan fingerprint density at radius 2 is 1.96 bits per heavy atom. The number of nitrogens with zero attached hydrogens (tertiary/aromatic N) is 2. The summed E-state index contributed by atoms with van der Waals surface area (Å²) in [4.78, 5) is 29.0. The minimum Gasteiger partial charge on any atom is -0.468 e. The van der Waals surface area contributed by atoms with Crippen molar-refractivity contribution < 1.29 is 19.1 Å². The Kier molecular flexibility index (Phi) is 4.87. The van der Waals surface area contributed by atoms with Gasteiger partial charge in [-0.25, -0.2) is 0 Å². The van der Waals surface area contributed by atoms with Crippen molar-refractivity contribution in [2.24, 2.45) is 0 Å². The summed E-state index contributed by atoms with van der Waals surface area (Å²) in [7, 11) is 3.03. The molecule has 0 bridgehead atoms. The molecule has 24 heavy (non-hydrogen) atoms. The Labute approximate surface area is 142 Å². The van der Waals surface area contributed by atoms with E-state index in [4.69, 9.17) is 9.47 Å². The van der Waals surface area contributed by atoms with Crippen molar-refractivity contribution in [3.8, 4) is 0 Å². The second-order valence-electron chi connectivity index (χ2n) is 6.46. The van der Waals surface area contributed by atoms with Crippen LogP contribution in [0.15, 0.2) is 30.3 Å². The molecule has 1 saturated heterocycles. The third-order valence-corrected chi connectivity index (χ3v) is 4.99. The first-order valence-electron chi connectivity index (χ1n) is 8.27. The molecule has 1 unspecified atom stereocenters. The molecule has 1 amide bonds. The summed E-state index contributed by atoms with van der Waals surface area (Å²) in [5.41, 5.74) is 0.649. The van der Waals surface area contributed by atoms with Crippen LogP contribution in [0.3, 0.4) is 0 Å². The summed E-state index contributed by atoms with van der Waals surface area (Å²) in [6.45, 7) is 1.77. The molecule has 0 N–H and O–H groups in total. The van der Waals surface area contributed by atoms with E-state index in [1.165, 1.54) is 7.11 Å². The average Bonchev–Trinajstić information content (AvgIpc) is 3.36. The number of carbonyl (C=O) groups excluding carboxylic acids is 2. The molecule has 2 fully saturated rings. The van der Waals surface area contributed by atoms with Gasteiger partial charge < -0.3 is 14.4 Å². The normalized spacial score (nSPS) is 22.7. The van der Waals surface area contributed by atoms with E-state index in [2.05, 4.69) is 0 Å². The molecule has 1 aliphatic carbocycles. The van der Waals surface area contributed by atoms with E-state index < -0.39 is 11.6 Å². The molecule has 1 spiro atoms. The van der Waals surface area contributed by atoms with Crippen LogP contribution in [0.5, 0.6) is 0 Å². The van der Waals surface area contributed by atoms with Gasteiger partial charge in [-0.3, -0.25) is 14.5 Å². The Hall–Kier alpha value is -1.92. The summed E-state index contributed by atoms with van der Waals surface area (Å²) in [6.07, 6.45) is 1.65. The van der Waals surface area contributed by atoms with Crippen molar-refractivity contribution in [2.75, 3.05) is 33.9 Å². The van der Waals surface area contributed by atoms with E-state index in [1.54, 1.807) is 7.11 Å². The number of piperazine rings is 1. The monoisotopic (exact) mass is 332 g/mol. The first-order chi connectivity index (χ1) is 11.6. The smallest absolute Gasteiger partial charge is 0.325 e. The van der Waals surface area contributed by atoms with Gasteiger partial charge in [0.15, 0.2) is 0 Å². The number of esters is 1. The molecule has 6 heteroatoms. The van der Waals surface area contributed by atoms with Crippen LogP contribution in [0.2, 0.25) is 0 Å². The quantitative estimate of drug-likeness (QED) is 0.729. The van der Waals surface area contributed by atoms with Gasteiger partial charge in [-0.1, -0.05) is 30.3 Å². The van der Waals surface area contributed by atoms with Crippen molar-refractivity contribution in [1.82, 2.24) is 9.80 Å². The van der Waals surface area contributed by atoms with Gasteiger partial charge in [-0.05, 0) is 18.4 Å². The molecule has 1 saturated carbocycles. The molecule has 130 valence electrons. The van der Waals surface area contributed by atoms with Crippen molar-refractivity contribution in [2.45, 2.75) is 31.0 Å².